The Kier molecular flexibility index (Phi) is 6.30. The van der Waals surface area contributed by atoms with Gasteiger partial charge >= 0.3 is 6.18 Å². The average Bonchev–Trinajstić information content (AvgIpc) is 3.38. The van der Waals surface area contributed by atoms with Crippen LogP contribution >= 0.6 is 0 Å². The molecule has 4 fully saturated rings. The predicted molar refractivity (Wildman–Crippen MR) is 135 cm³/mol. The number of allylic oxidation sites excluding steroid dienone is 4. The van der Waals surface area contributed by atoms with E-state index in [1.165, 1.54) is 36.3 Å². The number of aliphatic hydroxyl groups excluding tert-OH is 2. The standard InChI is InChI=1S/C30H32F5NO5/c1-26-8-7-19(38)10-22(26)23(31)11-21-20-9-18-14-36(13-16-3-5-17(6-4-16)30(33,34)35)41-29(18,25(40)15-37)27(20,2)12-24(39)28(21,26)32/h3-8,10,18,20-21,23-24,37,39H,9,11-15H2,1-2H3/t18-,20?,21?,23-,24-,26?,27-,28-,29-/m0/s1. The molecule has 1 saturated heterocycles. The highest BCUT2D eigenvalue weighted by Crippen LogP contribution is 2.72. The summed E-state index contributed by atoms with van der Waals surface area (Å²) in [6, 6.07) is 4.57. The first kappa shape index (κ1) is 28.6. The molecule has 0 radical (unpaired) electrons. The largest absolute Gasteiger partial charge is 0.416 e. The van der Waals surface area contributed by atoms with E-state index < -0.39 is 82.0 Å². The zero-order chi connectivity index (χ0) is 29.8. The van der Waals surface area contributed by atoms with E-state index in [9.17, 15) is 33.0 Å². The van der Waals surface area contributed by atoms with Crippen molar-refractivity contribution in [2.45, 2.75) is 69.4 Å². The number of hydrogen-bond acceptors (Lipinski definition) is 6. The summed E-state index contributed by atoms with van der Waals surface area (Å²) in [6.45, 7) is 2.59. The fourth-order valence-corrected chi connectivity index (χ4v) is 9.04. The lowest BCUT2D eigenvalue weighted by atomic mass is 9.44. The average molecular weight is 582 g/mol. The topological polar surface area (TPSA) is 87.1 Å². The van der Waals surface area contributed by atoms with Crippen LogP contribution in [0.25, 0.3) is 0 Å². The summed E-state index contributed by atoms with van der Waals surface area (Å²) >= 11 is 0. The van der Waals surface area contributed by atoms with Gasteiger partial charge < -0.3 is 10.2 Å². The minimum atomic E-state index is -4.48. The molecule has 0 bridgehead atoms. The Morgan fingerprint density at radius 3 is 2.46 bits per heavy atom. The molecule has 5 aliphatic rings. The lowest BCUT2D eigenvalue weighted by Gasteiger charge is -2.63. The molecule has 3 saturated carbocycles. The molecule has 4 aliphatic carbocycles. The van der Waals surface area contributed by atoms with Crippen molar-refractivity contribution in [3.8, 4) is 0 Å². The van der Waals surface area contributed by atoms with E-state index in [0.29, 0.717) is 5.56 Å². The molecule has 41 heavy (non-hydrogen) atoms. The summed E-state index contributed by atoms with van der Waals surface area (Å²) < 4.78 is 72.1. The molecule has 6 nitrogen and oxygen atoms in total. The number of nitrogens with zero attached hydrogens (tertiary/aromatic N) is 1. The summed E-state index contributed by atoms with van der Waals surface area (Å²) in [5.74, 6) is -3.21. The van der Waals surface area contributed by atoms with Gasteiger partial charge in [0.25, 0.3) is 0 Å². The van der Waals surface area contributed by atoms with Crippen LogP contribution in [0.3, 0.4) is 0 Å². The van der Waals surface area contributed by atoms with Crippen molar-refractivity contribution < 1.29 is 46.6 Å². The van der Waals surface area contributed by atoms with Crippen molar-refractivity contribution >= 4 is 11.6 Å². The molecule has 222 valence electrons. The van der Waals surface area contributed by atoms with Gasteiger partial charge in [-0.15, -0.1) is 0 Å². The maximum atomic E-state index is 17.4. The fraction of sp³-hybridized carbons (Fsp3) is 0.600. The number of carbonyl (C=O) groups excluding carboxylic acids is 2. The third-order valence-corrected chi connectivity index (χ3v) is 10.9. The first-order valence-electron chi connectivity index (χ1n) is 13.8. The van der Waals surface area contributed by atoms with E-state index in [1.54, 1.807) is 6.92 Å². The first-order valence-corrected chi connectivity index (χ1v) is 13.8. The van der Waals surface area contributed by atoms with Gasteiger partial charge in [0, 0.05) is 35.8 Å². The van der Waals surface area contributed by atoms with Gasteiger partial charge in [-0.3, -0.25) is 14.4 Å². The second-order valence-corrected chi connectivity index (χ2v) is 12.7. The van der Waals surface area contributed by atoms with Gasteiger partial charge in [0.05, 0.1) is 11.7 Å². The fourth-order valence-electron chi connectivity index (χ4n) is 9.04. The minimum absolute atomic E-state index is 0.00436. The highest BCUT2D eigenvalue weighted by molar-refractivity contribution is 6.01. The van der Waals surface area contributed by atoms with Crippen LogP contribution in [0.2, 0.25) is 0 Å². The number of hydroxylamine groups is 2. The van der Waals surface area contributed by atoms with Crippen LogP contribution in [0, 0.1) is 28.6 Å². The molecule has 3 unspecified atom stereocenters. The molecule has 11 heteroatoms. The van der Waals surface area contributed by atoms with E-state index in [2.05, 4.69) is 0 Å². The Bertz CT molecular complexity index is 1350. The third kappa shape index (κ3) is 3.68. The second-order valence-electron chi connectivity index (χ2n) is 12.7. The summed E-state index contributed by atoms with van der Waals surface area (Å²) in [5.41, 5.74) is -6.98. The molecule has 6 rings (SSSR count). The maximum absolute atomic E-state index is 17.4. The second kappa shape index (κ2) is 9.02. The van der Waals surface area contributed by atoms with Gasteiger partial charge in [-0.1, -0.05) is 25.1 Å². The van der Waals surface area contributed by atoms with Gasteiger partial charge in [0.1, 0.15) is 12.8 Å². The Morgan fingerprint density at radius 1 is 1.15 bits per heavy atom. The third-order valence-electron chi connectivity index (χ3n) is 10.9. The van der Waals surface area contributed by atoms with Crippen LogP contribution in [0.5, 0.6) is 0 Å². The molecule has 1 heterocycles. The van der Waals surface area contributed by atoms with Crippen molar-refractivity contribution in [2.24, 2.45) is 28.6 Å². The lowest BCUT2D eigenvalue weighted by molar-refractivity contribution is -0.269. The number of rotatable bonds is 4. The van der Waals surface area contributed by atoms with E-state index in [0.717, 1.165) is 18.2 Å². The zero-order valence-corrected chi connectivity index (χ0v) is 22.6. The number of benzene rings is 1. The van der Waals surface area contributed by atoms with Crippen LogP contribution in [0.1, 0.15) is 44.2 Å². The van der Waals surface area contributed by atoms with Crippen LogP contribution in [0.4, 0.5) is 22.0 Å². The van der Waals surface area contributed by atoms with Crippen LogP contribution in [-0.4, -0.2) is 63.5 Å². The van der Waals surface area contributed by atoms with E-state index >= 15 is 8.78 Å². The summed E-state index contributed by atoms with van der Waals surface area (Å²) in [4.78, 5) is 31.9. The number of carbonyl (C=O) groups is 2. The molecule has 2 N–H and O–H groups in total. The summed E-state index contributed by atoms with van der Waals surface area (Å²) in [6.07, 6.45) is -4.30. The van der Waals surface area contributed by atoms with Crippen LogP contribution < -0.4 is 0 Å². The van der Waals surface area contributed by atoms with Crippen molar-refractivity contribution in [1.29, 1.82) is 0 Å². The molecule has 1 aromatic carbocycles. The van der Waals surface area contributed by atoms with E-state index in [-0.39, 0.29) is 37.9 Å². The normalized spacial score (nSPS) is 43.7. The van der Waals surface area contributed by atoms with Gasteiger partial charge in [-0.2, -0.15) is 18.2 Å². The molecule has 0 amide bonds. The monoisotopic (exact) mass is 581 g/mol. The number of Topliss-reactive ketones (excluding diaryl/α,β-unsaturated/α-hetero) is 1. The van der Waals surface area contributed by atoms with E-state index in [4.69, 9.17) is 4.84 Å². The number of fused-ring (bicyclic) bond motifs is 7. The molecule has 0 spiro atoms. The van der Waals surface area contributed by atoms with Crippen molar-refractivity contribution in [3.05, 3.63) is 59.2 Å². The smallest absolute Gasteiger partial charge is 0.390 e. The maximum Gasteiger partial charge on any atom is 0.416 e. The zero-order valence-electron chi connectivity index (χ0n) is 22.6. The van der Waals surface area contributed by atoms with Gasteiger partial charge in [0.15, 0.2) is 22.8 Å². The Morgan fingerprint density at radius 2 is 1.83 bits per heavy atom. The number of halogens is 5. The van der Waals surface area contributed by atoms with Crippen LogP contribution in [0.15, 0.2) is 48.1 Å². The minimum Gasteiger partial charge on any atom is -0.390 e. The Labute approximate surface area is 233 Å². The molecule has 9 atom stereocenters. The van der Waals surface area contributed by atoms with Crippen molar-refractivity contribution in [1.82, 2.24) is 5.06 Å². The first-order chi connectivity index (χ1) is 19.1. The molecule has 1 aromatic rings. The van der Waals surface area contributed by atoms with Gasteiger partial charge in [0.2, 0.25) is 0 Å². The predicted octanol–water partition coefficient (Wildman–Crippen LogP) is 4.30. The highest BCUT2D eigenvalue weighted by atomic mass is 19.4. The number of aliphatic hydroxyl groups is 2. The summed E-state index contributed by atoms with van der Waals surface area (Å²) in [7, 11) is 0. The van der Waals surface area contributed by atoms with Gasteiger partial charge in [-0.25, -0.2) is 8.78 Å². The SMILES string of the molecule is CC12C=CC(=O)C=C1[C@@H](F)CC1C3C[C@H]4CN(Cc5ccc(C(F)(F)F)cc5)O[C@@]4(C(=O)CO)[C@@]3(C)C[C@H](O)[C@@]12F. The lowest BCUT2D eigenvalue weighted by Crippen LogP contribution is -2.70. The number of alkyl halides is 5. The molecule has 0 aromatic heterocycles. The highest BCUT2D eigenvalue weighted by Gasteiger charge is 2.79. The number of ketones is 2. The summed E-state index contributed by atoms with van der Waals surface area (Å²) in [5, 5.41) is 23.0. The Balaban J connectivity index is 1.35. The van der Waals surface area contributed by atoms with Crippen LogP contribution in [-0.2, 0) is 27.1 Å². The van der Waals surface area contributed by atoms with Crippen molar-refractivity contribution in [2.75, 3.05) is 13.2 Å². The Hall–Kier alpha value is -2.47. The molecular formula is C30H32F5NO5. The molecular weight excluding hydrogens is 549 g/mol. The number of hydrogen-bond donors (Lipinski definition) is 2. The van der Waals surface area contributed by atoms with Gasteiger partial charge in [-0.05, 0) is 67.5 Å². The van der Waals surface area contributed by atoms with Crippen molar-refractivity contribution in [3.63, 3.8) is 0 Å². The van der Waals surface area contributed by atoms with E-state index in [1.807, 2.05) is 0 Å². The quantitative estimate of drug-likeness (QED) is 0.516. The molecule has 1 aliphatic heterocycles.